The first kappa shape index (κ1) is 12.5. The summed E-state index contributed by atoms with van der Waals surface area (Å²) < 4.78 is 0. The Morgan fingerprint density at radius 1 is 1.06 bits per heavy atom. The molecular weight excluding hydrogens is 220 g/mol. The van der Waals surface area contributed by atoms with Gasteiger partial charge in [-0.2, -0.15) is 0 Å². The second-order valence-corrected chi connectivity index (χ2v) is 4.59. The van der Waals surface area contributed by atoms with Crippen LogP contribution in [0.4, 0.5) is 17.1 Å². The van der Waals surface area contributed by atoms with Crippen LogP contribution in [0.2, 0.25) is 0 Å². The molecule has 0 amide bonds. The van der Waals surface area contributed by atoms with Crippen LogP contribution in [0.15, 0.2) is 42.5 Å². The summed E-state index contributed by atoms with van der Waals surface area (Å²) in [5.74, 6) is 0. The van der Waals surface area contributed by atoms with Crippen LogP contribution >= 0.6 is 0 Å². The van der Waals surface area contributed by atoms with Gasteiger partial charge in [0.15, 0.2) is 0 Å². The molecule has 94 valence electrons. The predicted molar refractivity (Wildman–Crippen MR) is 79.5 cm³/mol. The van der Waals surface area contributed by atoms with E-state index >= 15 is 0 Å². The van der Waals surface area contributed by atoms with Crippen LogP contribution in [0, 0.1) is 6.92 Å². The van der Waals surface area contributed by atoms with Gasteiger partial charge in [-0.25, -0.2) is 0 Å². The third-order valence-electron chi connectivity index (χ3n) is 3.39. The number of rotatable bonds is 3. The molecule has 2 nitrogen and oxygen atoms in total. The van der Waals surface area contributed by atoms with Crippen LogP contribution in [0.1, 0.15) is 18.1 Å². The van der Waals surface area contributed by atoms with Gasteiger partial charge in [-0.05, 0) is 42.7 Å². The molecule has 0 aliphatic rings. The minimum absolute atomic E-state index is 0.847. The van der Waals surface area contributed by atoms with E-state index in [1.54, 1.807) is 0 Å². The number of nitrogen functional groups attached to an aromatic ring is 1. The van der Waals surface area contributed by atoms with E-state index in [2.05, 4.69) is 42.2 Å². The summed E-state index contributed by atoms with van der Waals surface area (Å²) in [5.41, 5.74) is 11.7. The molecule has 2 aromatic rings. The predicted octanol–water partition coefficient (Wildman–Crippen LogP) is 3.91. The van der Waals surface area contributed by atoms with E-state index < -0.39 is 0 Å². The Hall–Kier alpha value is -1.96. The van der Waals surface area contributed by atoms with Gasteiger partial charge in [0.25, 0.3) is 0 Å². The fraction of sp³-hybridized carbons (Fsp3) is 0.250. The summed E-state index contributed by atoms with van der Waals surface area (Å²) in [6, 6.07) is 14.7. The highest BCUT2D eigenvalue weighted by atomic mass is 15.1. The topological polar surface area (TPSA) is 29.3 Å². The molecule has 0 spiro atoms. The Kier molecular flexibility index (Phi) is 3.56. The summed E-state index contributed by atoms with van der Waals surface area (Å²) in [6.07, 6.45) is 1.07. The minimum atomic E-state index is 0.847. The molecule has 0 atom stereocenters. The van der Waals surface area contributed by atoms with Gasteiger partial charge >= 0.3 is 0 Å². The van der Waals surface area contributed by atoms with Crippen molar-refractivity contribution in [2.45, 2.75) is 20.3 Å². The van der Waals surface area contributed by atoms with Crippen LogP contribution in [0.3, 0.4) is 0 Å². The number of para-hydroxylation sites is 1. The standard InChI is InChI=1S/C16H20N2/c1-4-13-8-10-14(11-9-13)18(3)15-7-5-6-12(2)16(15)17/h5-11H,4,17H2,1-3H3. The van der Waals surface area contributed by atoms with Gasteiger partial charge in [-0.3, -0.25) is 0 Å². The zero-order chi connectivity index (χ0) is 13.1. The summed E-state index contributed by atoms with van der Waals surface area (Å²) in [6.45, 7) is 4.20. The molecule has 0 aliphatic heterocycles. The minimum Gasteiger partial charge on any atom is -0.397 e. The van der Waals surface area contributed by atoms with Crippen molar-refractivity contribution in [2.75, 3.05) is 17.7 Å². The van der Waals surface area contributed by atoms with Gasteiger partial charge in [-0.1, -0.05) is 31.2 Å². The zero-order valence-corrected chi connectivity index (χ0v) is 11.3. The fourth-order valence-electron chi connectivity index (χ4n) is 2.05. The quantitative estimate of drug-likeness (QED) is 0.824. The number of nitrogens with zero attached hydrogens (tertiary/aromatic N) is 1. The van der Waals surface area contributed by atoms with Gasteiger partial charge in [0.05, 0.1) is 11.4 Å². The molecule has 2 heteroatoms. The lowest BCUT2D eigenvalue weighted by molar-refractivity contribution is 1.13. The maximum atomic E-state index is 6.14. The van der Waals surface area contributed by atoms with Crippen molar-refractivity contribution in [3.8, 4) is 0 Å². The number of anilines is 3. The lowest BCUT2D eigenvalue weighted by Crippen LogP contribution is -2.12. The molecule has 0 heterocycles. The Labute approximate surface area is 109 Å². The molecule has 2 rings (SSSR count). The van der Waals surface area contributed by atoms with Gasteiger partial charge in [0.1, 0.15) is 0 Å². The molecule has 0 aliphatic carbocycles. The summed E-state index contributed by atoms with van der Waals surface area (Å²) in [4.78, 5) is 2.13. The van der Waals surface area contributed by atoms with Crippen molar-refractivity contribution in [1.29, 1.82) is 0 Å². The van der Waals surface area contributed by atoms with Crippen LogP contribution in [0.5, 0.6) is 0 Å². The first-order valence-corrected chi connectivity index (χ1v) is 6.31. The molecule has 0 saturated carbocycles. The molecule has 0 aromatic heterocycles. The van der Waals surface area contributed by atoms with Crippen LogP contribution < -0.4 is 10.6 Å². The van der Waals surface area contributed by atoms with Crippen LogP contribution in [-0.2, 0) is 6.42 Å². The van der Waals surface area contributed by atoms with E-state index in [0.29, 0.717) is 0 Å². The summed E-state index contributed by atoms with van der Waals surface area (Å²) >= 11 is 0. The Morgan fingerprint density at radius 2 is 1.72 bits per heavy atom. The van der Waals surface area contributed by atoms with Crippen LogP contribution in [-0.4, -0.2) is 7.05 Å². The second-order valence-electron chi connectivity index (χ2n) is 4.59. The molecule has 0 bridgehead atoms. The lowest BCUT2D eigenvalue weighted by atomic mass is 10.1. The maximum absolute atomic E-state index is 6.14. The molecule has 18 heavy (non-hydrogen) atoms. The fourth-order valence-corrected chi connectivity index (χ4v) is 2.05. The molecular formula is C16H20N2. The average molecular weight is 240 g/mol. The Bertz CT molecular complexity index is 529. The number of aryl methyl sites for hydroxylation is 2. The van der Waals surface area contributed by atoms with Gasteiger partial charge in [0.2, 0.25) is 0 Å². The third-order valence-corrected chi connectivity index (χ3v) is 3.39. The average Bonchev–Trinajstić information content (AvgIpc) is 2.41. The highest BCUT2D eigenvalue weighted by Crippen LogP contribution is 2.30. The van der Waals surface area contributed by atoms with Crippen molar-refractivity contribution >= 4 is 17.1 Å². The molecule has 0 unspecified atom stereocenters. The Morgan fingerprint density at radius 3 is 2.33 bits per heavy atom. The summed E-state index contributed by atoms with van der Waals surface area (Å²) in [5, 5.41) is 0. The number of benzene rings is 2. The third kappa shape index (κ3) is 2.33. The van der Waals surface area contributed by atoms with Crippen LogP contribution in [0.25, 0.3) is 0 Å². The second kappa shape index (κ2) is 5.13. The largest absolute Gasteiger partial charge is 0.397 e. The molecule has 0 saturated heterocycles. The number of nitrogens with two attached hydrogens (primary N) is 1. The van der Waals surface area contributed by atoms with E-state index in [9.17, 15) is 0 Å². The SMILES string of the molecule is CCc1ccc(N(C)c2cccc(C)c2N)cc1. The maximum Gasteiger partial charge on any atom is 0.0644 e. The van der Waals surface area contributed by atoms with Gasteiger partial charge in [0, 0.05) is 12.7 Å². The highest BCUT2D eigenvalue weighted by molar-refractivity contribution is 5.76. The molecule has 2 N–H and O–H groups in total. The molecule has 0 fully saturated rings. The molecule has 0 radical (unpaired) electrons. The van der Waals surface area contributed by atoms with E-state index in [0.717, 1.165) is 29.0 Å². The summed E-state index contributed by atoms with van der Waals surface area (Å²) in [7, 11) is 2.05. The van der Waals surface area contributed by atoms with E-state index in [1.807, 2.05) is 26.1 Å². The smallest absolute Gasteiger partial charge is 0.0644 e. The van der Waals surface area contributed by atoms with E-state index in [1.165, 1.54) is 5.56 Å². The molecule has 2 aromatic carbocycles. The van der Waals surface area contributed by atoms with Gasteiger partial charge in [-0.15, -0.1) is 0 Å². The lowest BCUT2D eigenvalue weighted by Gasteiger charge is -2.22. The first-order chi connectivity index (χ1) is 8.63. The Balaban J connectivity index is 2.35. The monoisotopic (exact) mass is 240 g/mol. The number of hydrogen-bond acceptors (Lipinski definition) is 2. The normalized spacial score (nSPS) is 10.4. The van der Waals surface area contributed by atoms with Crippen molar-refractivity contribution in [1.82, 2.24) is 0 Å². The zero-order valence-electron chi connectivity index (χ0n) is 11.3. The van der Waals surface area contributed by atoms with Gasteiger partial charge < -0.3 is 10.6 Å². The van der Waals surface area contributed by atoms with E-state index in [4.69, 9.17) is 5.73 Å². The van der Waals surface area contributed by atoms with Crippen molar-refractivity contribution in [3.05, 3.63) is 53.6 Å². The highest BCUT2D eigenvalue weighted by Gasteiger charge is 2.08. The van der Waals surface area contributed by atoms with Crippen molar-refractivity contribution in [3.63, 3.8) is 0 Å². The van der Waals surface area contributed by atoms with E-state index in [-0.39, 0.29) is 0 Å². The van der Waals surface area contributed by atoms with Crippen molar-refractivity contribution in [2.24, 2.45) is 0 Å². The number of hydrogen-bond donors (Lipinski definition) is 1. The van der Waals surface area contributed by atoms with Crippen molar-refractivity contribution < 1.29 is 0 Å². The first-order valence-electron chi connectivity index (χ1n) is 6.31.